The Morgan fingerprint density at radius 3 is 3.00 bits per heavy atom. The number of fused-ring (bicyclic) bond motifs is 1. The van der Waals surface area contributed by atoms with Crippen molar-refractivity contribution in [3.8, 4) is 10.6 Å². The molecule has 0 aliphatic heterocycles. The Bertz CT molecular complexity index is 600. The first-order chi connectivity index (χ1) is 7.34. The van der Waals surface area contributed by atoms with E-state index in [0.717, 1.165) is 16.0 Å². The van der Waals surface area contributed by atoms with Gasteiger partial charge in [0.2, 0.25) is 0 Å². The highest BCUT2D eigenvalue weighted by Gasteiger charge is 2.08. The van der Waals surface area contributed by atoms with Crippen LogP contribution in [-0.4, -0.2) is 10.1 Å². The van der Waals surface area contributed by atoms with Gasteiger partial charge in [0.05, 0.1) is 16.0 Å². The normalized spacial score (nSPS) is 10.9. The summed E-state index contributed by atoms with van der Waals surface area (Å²) in [5.41, 5.74) is 6.97. The quantitative estimate of drug-likeness (QED) is 0.680. The number of aromatic nitrogens is 2. The second-order valence-corrected chi connectivity index (χ2v) is 4.04. The summed E-state index contributed by atoms with van der Waals surface area (Å²) in [6, 6.07) is 7.80. The van der Waals surface area contributed by atoms with Crippen molar-refractivity contribution in [1.82, 2.24) is 10.1 Å². The maximum atomic E-state index is 5.60. The average Bonchev–Trinajstić information content (AvgIpc) is 2.88. The Morgan fingerprint density at radius 1 is 1.27 bits per heavy atom. The highest BCUT2D eigenvalue weighted by Crippen LogP contribution is 2.26. The molecule has 0 saturated heterocycles. The monoisotopic (exact) mass is 217 g/mol. The number of hydrogen-bond donors (Lipinski definition) is 1. The molecule has 0 radical (unpaired) electrons. The molecule has 0 aromatic carbocycles. The molecule has 3 rings (SSSR count). The molecule has 0 amide bonds. The molecule has 2 N–H and O–H groups in total. The molecule has 0 bridgehead atoms. The van der Waals surface area contributed by atoms with E-state index < -0.39 is 0 Å². The van der Waals surface area contributed by atoms with Gasteiger partial charge in [0, 0.05) is 0 Å². The predicted octanol–water partition coefficient (Wildman–Crippen LogP) is 2.53. The van der Waals surface area contributed by atoms with E-state index >= 15 is 0 Å². The van der Waals surface area contributed by atoms with Crippen LogP contribution in [0, 0.1) is 0 Å². The summed E-state index contributed by atoms with van der Waals surface area (Å²) in [4.78, 5) is 5.44. The molecule has 3 aromatic rings. The first kappa shape index (κ1) is 8.43. The fourth-order valence-electron chi connectivity index (χ4n) is 1.41. The SMILES string of the molecule is Nc1noc2nc(-c3cccs3)ccc12. The summed E-state index contributed by atoms with van der Waals surface area (Å²) < 4.78 is 5.01. The zero-order valence-corrected chi connectivity index (χ0v) is 8.49. The third-order valence-corrected chi connectivity index (χ3v) is 3.03. The van der Waals surface area contributed by atoms with Crippen molar-refractivity contribution in [3.63, 3.8) is 0 Å². The summed E-state index contributed by atoms with van der Waals surface area (Å²) in [5, 5.41) is 6.43. The molecule has 0 aliphatic carbocycles. The lowest BCUT2D eigenvalue weighted by molar-refractivity contribution is 0.453. The Morgan fingerprint density at radius 2 is 2.20 bits per heavy atom. The van der Waals surface area contributed by atoms with E-state index in [1.807, 2.05) is 29.6 Å². The minimum absolute atomic E-state index is 0.384. The van der Waals surface area contributed by atoms with Gasteiger partial charge in [-0.15, -0.1) is 11.3 Å². The van der Waals surface area contributed by atoms with Crippen LogP contribution >= 0.6 is 11.3 Å². The number of hydrogen-bond acceptors (Lipinski definition) is 5. The summed E-state index contributed by atoms with van der Waals surface area (Å²) in [7, 11) is 0. The van der Waals surface area contributed by atoms with E-state index in [0.29, 0.717) is 11.5 Å². The molecule has 3 heterocycles. The highest BCUT2D eigenvalue weighted by molar-refractivity contribution is 7.13. The number of anilines is 1. The van der Waals surface area contributed by atoms with Crippen LogP contribution in [0.5, 0.6) is 0 Å². The number of nitrogens with zero attached hydrogens (tertiary/aromatic N) is 2. The summed E-state index contributed by atoms with van der Waals surface area (Å²) in [6.07, 6.45) is 0. The molecule has 0 unspecified atom stereocenters. The lowest BCUT2D eigenvalue weighted by Gasteiger charge is -1.94. The molecule has 0 aliphatic rings. The smallest absolute Gasteiger partial charge is 0.260 e. The van der Waals surface area contributed by atoms with Crippen LogP contribution in [-0.2, 0) is 0 Å². The molecule has 0 atom stereocenters. The van der Waals surface area contributed by atoms with E-state index in [1.165, 1.54) is 0 Å². The van der Waals surface area contributed by atoms with Crippen molar-refractivity contribution in [3.05, 3.63) is 29.6 Å². The molecule has 74 valence electrons. The van der Waals surface area contributed by atoms with Crippen LogP contribution in [0.15, 0.2) is 34.2 Å². The molecule has 0 saturated carbocycles. The zero-order valence-electron chi connectivity index (χ0n) is 7.68. The first-order valence-electron chi connectivity index (χ1n) is 4.40. The van der Waals surface area contributed by atoms with E-state index in [9.17, 15) is 0 Å². The number of thiophene rings is 1. The van der Waals surface area contributed by atoms with Crippen molar-refractivity contribution >= 4 is 28.3 Å². The summed E-state index contributed by atoms with van der Waals surface area (Å²) >= 11 is 1.64. The second kappa shape index (κ2) is 3.06. The third kappa shape index (κ3) is 1.28. The molecule has 0 spiro atoms. The molecule has 15 heavy (non-hydrogen) atoms. The zero-order chi connectivity index (χ0) is 10.3. The third-order valence-electron chi connectivity index (χ3n) is 2.14. The number of rotatable bonds is 1. The van der Waals surface area contributed by atoms with Crippen LogP contribution in [0.4, 0.5) is 5.82 Å². The average molecular weight is 217 g/mol. The summed E-state index contributed by atoms with van der Waals surface area (Å²) in [5.74, 6) is 0.384. The maximum absolute atomic E-state index is 5.60. The fraction of sp³-hybridized carbons (Fsp3) is 0. The lowest BCUT2D eigenvalue weighted by Crippen LogP contribution is -1.84. The van der Waals surface area contributed by atoms with Crippen molar-refractivity contribution < 1.29 is 4.52 Å². The minimum atomic E-state index is 0.384. The summed E-state index contributed by atoms with van der Waals surface area (Å²) in [6.45, 7) is 0. The lowest BCUT2D eigenvalue weighted by atomic mass is 10.2. The Balaban J connectivity index is 2.23. The van der Waals surface area contributed by atoms with Crippen LogP contribution in [0.2, 0.25) is 0 Å². The van der Waals surface area contributed by atoms with Crippen molar-refractivity contribution in [1.29, 1.82) is 0 Å². The van der Waals surface area contributed by atoms with Crippen LogP contribution in [0.1, 0.15) is 0 Å². The Kier molecular flexibility index (Phi) is 1.72. The maximum Gasteiger partial charge on any atom is 0.260 e. The minimum Gasteiger partial charge on any atom is -0.380 e. The van der Waals surface area contributed by atoms with Crippen LogP contribution in [0.3, 0.4) is 0 Å². The molecule has 5 heteroatoms. The number of nitrogen functional groups attached to an aromatic ring is 1. The standard InChI is InChI=1S/C10H7N3OS/c11-9-6-3-4-7(8-2-1-5-15-8)12-10(6)14-13-9/h1-5H,(H2,11,13). The van der Waals surface area contributed by atoms with Gasteiger partial charge in [-0.25, -0.2) is 4.98 Å². The first-order valence-corrected chi connectivity index (χ1v) is 5.28. The van der Waals surface area contributed by atoms with Gasteiger partial charge in [0.15, 0.2) is 5.82 Å². The molecular formula is C10H7N3OS. The van der Waals surface area contributed by atoms with Gasteiger partial charge in [0.25, 0.3) is 5.71 Å². The van der Waals surface area contributed by atoms with Gasteiger partial charge >= 0.3 is 0 Å². The van der Waals surface area contributed by atoms with E-state index in [2.05, 4.69) is 10.1 Å². The predicted molar refractivity (Wildman–Crippen MR) is 59.5 cm³/mol. The van der Waals surface area contributed by atoms with E-state index in [-0.39, 0.29) is 0 Å². The van der Waals surface area contributed by atoms with E-state index in [4.69, 9.17) is 10.3 Å². The Labute approximate surface area is 89.3 Å². The van der Waals surface area contributed by atoms with Gasteiger partial charge in [0.1, 0.15) is 0 Å². The van der Waals surface area contributed by atoms with Crippen molar-refractivity contribution in [2.75, 3.05) is 5.73 Å². The number of nitrogens with two attached hydrogens (primary N) is 1. The van der Waals surface area contributed by atoms with Gasteiger partial charge in [-0.3, -0.25) is 0 Å². The largest absolute Gasteiger partial charge is 0.380 e. The van der Waals surface area contributed by atoms with Crippen LogP contribution in [0.25, 0.3) is 21.7 Å². The van der Waals surface area contributed by atoms with Gasteiger partial charge in [-0.1, -0.05) is 11.2 Å². The van der Waals surface area contributed by atoms with Gasteiger partial charge in [-0.05, 0) is 23.6 Å². The molecule has 0 fully saturated rings. The van der Waals surface area contributed by atoms with E-state index in [1.54, 1.807) is 11.3 Å². The molecule has 3 aromatic heterocycles. The Hall–Kier alpha value is -1.88. The second-order valence-electron chi connectivity index (χ2n) is 3.09. The van der Waals surface area contributed by atoms with Gasteiger partial charge in [-0.2, -0.15) is 0 Å². The van der Waals surface area contributed by atoms with Crippen LogP contribution < -0.4 is 5.73 Å². The highest BCUT2D eigenvalue weighted by atomic mass is 32.1. The number of pyridine rings is 1. The molecule has 4 nitrogen and oxygen atoms in total. The fourth-order valence-corrected chi connectivity index (χ4v) is 2.10. The topological polar surface area (TPSA) is 64.9 Å². The van der Waals surface area contributed by atoms with Crippen molar-refractivity contribution in [2.45, 2.75) is 0 Å². The molecular weight excluding hydrogens is 210 g/mol. The van der Waals surface area contributed by atoms with Gasteiger partial charge < -0.3 is 10.3 Å². The van der Waals surface area contributed by atoms with Crippen molar-refractivity contribution in [2.24, 2.45) is 0 Å².